The summed E-state index contributed by atoms with van der Waals surface area (Å²) in [5, 5.41) is 5.55. The van der Waals surface area contributed by atoms with Crippen molar-refractivity contribution in [2.75, 3.05) is 11.9 Å². The van der Waals surface area contributed by atoms with Gasteiger partial charge in [0, 0.05) is 25.2 Å². The van der Waals surface area contributed by atoms with Crippen molar-refractivity contribution in [3.8, 4) is 0 Å². The SMILES string of the molecule is CCCCNC(=O)Nc1ccc2nc(C)oc2c1. The molecule has 0 saturated heterocycles. The van der Waals surface area contributed by atoms with Crippen molar-refractivity contribution in [3.63, 3.8) is 0 Å². The molecule has 0 radical (unpaired) electrons. The lowest BCUT2D eigenvalue weighted by molar-refractivity contribution is 0.252. The van der Waals surface area contributed by atoms with Crippen LogP contribution in [0.15, 0.2) is 22.6 Å². The average molecular weight is 247 g/mol. The number of aryl methyl sites for hydroxylation is 1. The summed E-state index contributed by atoms with van der Waals surface area (Å²) in [6.45, 7) is 4.57. The molecule has 0 bridgehead atoms. The first-order chi connectivity index (χ1) is 8.69. The molecule has 18 heavy (non-hydrogen) atoms. The number of urea groups is 1. The number of carbonyl (C=O) groups excluding carboxylic acids is 1. The van der Waals surface area contributed by atoms with Gasteiger partial charge in [0.25, 0.3) is 0 Å². The van der Waals surface area contributed by atoms with Crippen molar-refractivity contribution in [3.05, 3.63) is 24.1 Å². The van der Waals surface area contributed by atoms with Crippen LogP contribution in [0.25, 0.3) is 11.1 Å². The van der Waals surface area contributed by atoms with Gasteiger partial charge in [-0.15, -0.1) is 0 Å². The third kappa shape index (κ3) is 3.00. The Morgan fingerprint density at radius 2 is 2.28 bits per heavy atom. The van der Waals surface area contributed by atoms with E-state index in [0.717, 1.165) is 18.4 Å². The number of oxazole rings is 1. The number of carbonyl (C=O) groups is 1. The average Bonchev–Trinajstić information content (AvgIpc) is 2.69. The molecule has 0 aliphatic heterocycles. The van der Waals surface area contributed by atoms with Crippen molar-refractivity contribution >= 4 is 22.8 Å². The van der Waals surface area contributed by atoms with Crippen LogP contribution in [0.1, 0.15) is 25.7 Å². The van der Waals surface area contributed by atoms with Crippen LogP contribution in [-0.4, -0.2) is 17.6 Å². The minimum atomic E-state index is -0.195. The van der Waals surface area contributed by atoms with Crippen molar-refractivity contribution in [2.45, 2.75) is 26.7 Å². The first kappa shape index (κ1) is 12.4. The second-order valence-corrected chi connectivity index (χ2v) is 4.15. The maximum atomic E-state index is 11.6. The Hall–Kier alpha value is -2.04. The highest BCUT2D eigenvalue weighted by atomic mass is 16.3. The standard InChI is InChI=1S/C13H17N3O2/c1-3-4-7-14-13(17)16-10-5-6-11-12(8-10)18-9(2)15-11/h5-6,8H,3-4,7H2,1-2H3,(H2,14,16,17). The van der Waals surface area contributed by atoms with E-state index in [-0.39, 0.29) is 6.03 Å². The summed E-state index contributed by atoms with van der Waals surface area (Å²) >= 11 is 0. The molecule has 2 amide bonds. The molecule has 0 unspecified atom stereocenters. The van der Waals surface area contributed by atoms with Crippen molar-refractivity contribution < 1.29 is 9.21 Å². The number of amides is 2. The van der Waals surface area contributed by atoms with Crippen molar-refractivity contribution in [1.29, 1.82) is 0 Å². The molecule has 1 aromatic heterocycles. The largest absolute Gasteiger partial charge is 0.441 e. The first-order valence-corrected chi connectivity index (χ1v) is 6.11. The number of nitrogens with zero attached hydrogens (tertiary/aromatic N) is 1. The number of fused-ring (bicyclic) bond motifs is 1. The van der Waals surface area contributed by atoms with Crippen LogP contribution < -0.4 is 10.6 Å². The number of rotatable bonds is 4. The number of unbranched alkanes of at least 4 members (excludes halogenated alkanes) is 1. The zero-order chi connectivity index (χ0) is 13.0. The summed E-state index contributed by atoms with van der Waals surface area (Å²) in [5.41, 5.74) is 2.18. The molecule has 0 aliphatic carbocycles. The van der Waals surface area contributed by atoms with Gasteiger partial charge < -0.3 is 15.1 Å². The third-order valence-electron chi connectivity index (χ3n) is 2.57. The molecule has 0 saturated carbocycles. The number of benzene rings is 1. The molecular formula is C13H17N3O2. The first-order valence-electron chi connectivity index (χ1n) is 6.11. The fourth-order valence-electron chi connectivity index (χ4n) is 1.67. The van der Waals surface area contributed by atoms with Crippen LogP contribution in [0.2, 0.25) is 0 Å². The molecule has 2 N–H and O–H groups in total. The fraction of sp³-hybridized carbons (Fsp3) is 0.385. The molecule has 0 atom stereocenters. The molecular weight excluding hydrogens is 230 g/mol. The second kappa shape index (κ2) is 5.53. The van der Waals surface area contributed by atoms with Crippen LogP contribution in [0.5, 0.6) is 0 Å². The van der Waals surface area contributed by atoms with Gasteiger partial charge in [-0.2, -0.15) is 0 Å². The zero-order valence-corrected chi connectivity index (χ0v) is 10.6. The molecule has 2 aromatic rings. The Morgan fingerprint density at radius 1 is 1.44 bits per heavy atom. The summed E-state index contributed by atoms with van der Waals surface area (Å²) in [7, 11) is 0. The molecule has 0 aliphatic rings. The number of hydrogen-bond donors (Lipinski definition) is 2. The highest BCUT2D eigenvalue weighted by Crippen LogP contribution is 2.19. The Bertz CT molecular complexity index is 548. The highest BCUT2D eigenvalue weighted by molar-refractivity contribution is 5.91. The monoisotopic (exact) mass is 247 g/mol. The molecule has 5 nitrogen and oxygen atoms in total. The molecule has 0 fully saturated rings. The van der Waals surface area contributed by atoms with Gasteiger partial charge in [-0.1, -0.05) is 13.3 Å². The molecule has 1 aromatic carbocycles. The maximum Gasteiger partial charge on any atom is 0.319 e. The predicted molar refractivity (Wildman–Crippen MR) is 70.7 cm³/mol. The number of hydrogen-bond acceptors (Lipinski definition) is 3. The van der Waals surface area contributed by atoms with E-state index in [0.29, 0.717) is 23.7 Å². The minimum absolute atomic E-state index is 0.195. The van der Waals surface area contributed by atoms with E-state index in [4.69, 9.17) is 4.42 Å². The van der Waals surface area contributed by atoms with Crippen LogP contribution in [0.3, 0.4) is 0 Å². The lowest BCUT2D eigenvalue weighted by atomic mass is 10.3. The molecule has 5 heteroatoms. The van der Waals surface area contributed by atoms with E-state index >= 15 is 0 Å². The smallest absolute Gasteiger partial charge is 0.319 e. The van der Waals surface area contributed by atoms with Crippen molar-refractivity contribution in [1.82, 2.24) is 10.3 Å². The number of anilines is 1. The van der Waals surface area contributed by atoms with Gasteiger partial charge in [0.2, 0.25) is 0 Å². The fourth-order valence-corrected chi connectivity index (χ4v) is 1.67. The van der Waals surface area contributed by atoms with Crippen molar-refractivity contribution in [2.24, 2.45) is 0 Å². The highest BCUT2D eigenvalue weighted by Gasteiger charge is 2.05. The van der Waals surface area contributed by atoms with E-state index < -0.39 is 0 Å². The number of aromatic nitrogens is 1. The van der Waals surface area contributed by atoms with E-state index in [1.54, 1.807) is 13.0 Å². The van der Waals surface area contributed by atoms with E-state index in [2.05, 4.69) is 22.5 Å². The normalized spacial score (nSPS) is 10.6. The van der Waals surface area contributed by atoms with Gasteiger partial charge in [-0.25, -0.2) is 9.78 Å². The summed E-state index contributed by atoms with van der Waals surface area (Å²) in [5.74, 6) is 0.620. The Balaban J connectivity index is 2.00. The maximum absolute atomic E-state index is 11.6. The van der Waals surface area contributed by atoms with Crippen LogP contribution in [0.4, 0.5) is 10.5 Å². The number of nitrogens with one attached hydrogen (secondary N) is 2. The van der Waals surface area contributed by atoms with Crippen LogP contribution in [0, 0.1) is 6.92 Å². The molecule has 96 valence electrons. The van der Waals surface area contributed by atoms with Gasteiger partial charge in [-0.3, -0.25) is 0 Å². The topological polar surface area (TPSA) is 67.2 Å². The summed E-state index contributed by atoms with van der Waals surface area (Å²) < 4.78 is 5.41. The van der Waals surface area contributed by atoms with Gasteiger partial charge >= 0.3 is 6.03 Å². The Kier molecular flexibility index (Phi) is 3.82. The van der Waals surface area contributed by atoms with E-state index in [1.807, 2.05) is 12.1 Å². The van der Waals surface area contributed by atoms with Gasteiger partial charge in [0.15, 0.2) is 11.5 Å². The lowest BCUT2D eigenvalue weighted by Gasteiger charge is -2.06. The molecule has 1 heterocycles. The van der Waals surface area contributed by atoms with Gasteiger partial charge in [0.1, 0.15) is 5.52 Å². The van der Waals surface area contributed by atoms with Crippen LogP contribution in [-0.2, 0) is 0 Å². The lowest BCUT2D eigenvalue weighted by Crippen LogP contribution is -2.29. The van der Waals surface area contributed by atoms with Gasteiger partial charge in [-0.05, 0) is 18.6 Å². The third-order valence-corrected chi connectivity index (χ3v) is 2.57. The Morgan fingerprint density at radius 3 is 3.06 bits per heavy atom. The second-order valence-electron chi connectivity index (χ2n) is 4.15. The predicted octanol–water partition coefficient (Wildman–Crippen LogP) is 3.06. The minimum Gasteiger partial charge on any atom is -0.441 e. The summed E-state index contributed by atoms with van der Waals surface area (Å²) in [6, 6.07) is 5.21. The summed E-state index contributed by atoms with van der Waals surface area (Å²) in [4.78, 5) is 15.8. The molecule has 0 spiro atoms. The summed E-state index contributed by atoms with van der Waals surface area (Å²) in [6.07, 6.45) is 2.04. The quantitative estimate of drug-likeness (QED) is 0.816. The van der Waals surface area contributed by atoms with Crippen LogP contribution >= 0.6 is 0 Å². The van der Waals surface area contributed by atoms with E-state index in [1.165, 1.54) is 0 Å². The van der Waals surface area contributed by atoms with Gasteiger partial charge in [0.05, 0.1) is 0 Å². The zero-order valence-electron chi connectivity index (χ0n) is 10.6. The Labute approximate surface area is 106 Å². The molecule has 2 rings (SSSR count). The van der Waals surface area contributed by atoms with E-state index in [9.17, 15) is 4.79 Å².